The second kappa shape index (κ2) is 7.78. The fourth-order valence-corrected chi connectivity index (χ4v) is 3.36. The first-order chi connectivity index (χ1) is 12.9. The molecule has 6 nitrogen and oxygen atoms in total. The lowest BCUT2D eigenvalue weighted by molar-refractivity contribution is -0.116. The minimum absolute atomic E-state index is 0.00973. The quantitative estimate of drug-likeness (QED) is 0.720. The number of hydrogen-bond acceptors (Lipinski definition) is 3. The normalized spacial score (nSPS) is 11.2. The third-order valence-corrected chi connectivity index (χ3v) is 4.71. The van der Waals surface area contributed by atoms with Crippen LogP contribution in [0.15, 0.2) is 36.7 Å². The first-order valence-corrected chi connectivity index (χ1v) is 9.29. The van der Waals surface area contributed by atoms with E-state index in [0.717, 1.165) is 33.9 Å². The average Bonchev–Trinajstić information content (AvgIpc) is 3.16. The van der Waals surface area contributed by atoms with Crippen molar-refractivity contribution < 1.29 is 4.79 Å². The van der Waals surface area contributed by atoms with Crippen LogP contribution in [0.25, 0.3) is 5.69 Å². The van der Waals surface area contributed by atoms with E-state index in [0.29, 0.717) is 12.8 Å². The van der Waals surface area contributed by atoms with Crippen molar-refractivity contribution >= 4 is 11.6 Å². The number of rotatable bonds is 6. The van der Waals surface area contributed by atoms with Crippen LogP contribution >= 0.6 is 0 Å². The Morgan fingerprint density at radius 3 is 2.59 bits per heavy atom. The molecule has 0 aliphatic rings. The van der Waals surface area contributed by atoms with Crippen LogP contribution in [0.2, 0.25) is 0 Å². The molecule has 3 rings (SSSR count). The van der Waals surface area contributed by atoms with Crippen LogP contribution in [0.5, 0.6) is 0 Å². The largest absolute Gasteiger partial charge is 0.323 e. The maximum absolute atomic E-state index is 12.5. The van der Waals surface area contributed by atoms with E-state index in [1.807, 2.05) is 43.0 Å². The van der Waals surface area contributed by atoms with E-state index in [1.165, 1.54) is 0 Å². The van der Waals surface area contributed by atoms with Crippen molar-refractivity contribution in [2.24, 2.45) is 7.05 Å². The summed E-state index contributed by atoms with van der Waals surface area (Å²) < 4.78 is 3.71. The van der Waals surface area contributed by atoms with Crippen LogP contribution in [-0.4, -0.2) is 25.5 Å². The van der Waals surface area contributed by atoms with Crippen molar-refractivity contribution in [1.29, 1.82) is 0 Å². The SMILES string of the molecule is Cc1ccccc1-n1ncc(NC(=O)CCc2cn(C)nc2C)c1C(C)C. The van der Waals surface area contributed by atoms with Gasteiger partial charge in [0.15, 0.2) is 0 Å². The van der Waals surface area contributed by atoms with Gasteiger partial charge < -0.3 is 5.32 Å². The highest BCUT2D eigenvalue weighted by Gasteiger charge is 2.18. The number of carbonyl (C=O) groups excluding carboxylic acids is 1. The summed E-state index contributed by atoms with van der Waals surface area (Å²) in [5, 5.41) is 11.9. The summed E-state index contributed by atoms with van der Waals surface area (Å²) >= 11 is 0. The van der Waals surface area contributed by atoms with Gasteiger partial charge in [-0.2, -0.15) is 10.2 Å². The lowest BCUT2D eigenvalue weighted by Gasteiger charge is -2.15. The van der Waals surface area contributed by atoms with Gasteiger partial charge in [0, 0.05) is 19.7 Å². The Kier molecular flexibility index (Phi) is 5.44. The number of benzene rings is 1. The number of nitrogens with zero attached hydrogens (tertiary/aromatic N) is 4. The number of carbonyl (C=O) groups is 1. The molecule has 27 heavy (non-hydrogen) atoms. The summed E-state index contributed by atoms with van der Waals surface area (Å²) in [6.07, 6.45) is 4.81. The number of aryl methyl sites for hydroxylation is 4. The first kappa shape index (κ1) is 18.9. The van der Waals surface area contributed by atoms with Gasteiger partial charge in [-0.1, -0.05) is 32.0 Å². The van der Waals surface area contributed by atoms with Crippen LogP contribution in [-0.2, 0) is 18.3 Å². The number of anilines is 1. The van der Waals surface area contributed by atoms with E-state index >= 15 is 0 Å². The molecular formula is C21H27N5O. The van der Waals surface area contributed by atoms with Gasteiger partial charge in [-0.15, -0.1) is 0 Å². The molecule has 142 valence electrons. The molecule has 1 amide bonds. The van der Waals surface area contributed by atoms with Crippen LogP contribution in [0.1, 0.15) is 48.7 Å². The van der Waals surface area contributed by atoms with Crippen LogP contribution in [0.3, 0.4) is 0 Å². The summed E-state index contributed by atoms with van der Waals surface area (Å²) in [5.74, 6) is 0.215. The van der Waals surface area contributed by atoms with Gasteiger partial charge in [-0.05, 0) is 43.4 Å². The highest BCUT2D eigenvalue weighted by Crippen LogP contribution is 2.28. The highest BCUT2D eigenvalue weighted by molar-refractivity contribution is 5.91. The zero-order chi connectivity index (χ0) is 19.6. The second-order valence-corrected chi connectivity index (χ2v) is 7.26. The number of para-hydroxylation sites is 1. The molecule has 0 spiro atoms. The molecule has 1 N–H and O–H groups in total. The summed E-state index contributed by atoms with van der Waals surface area (Å²) in [6.45, 7) is 8.26. The van der Waals surface area contributed by atoms with Gasteiger partial charge in [0.25, 0.3) is 0 Å². The Morgan fingerprint density at radius 2 is 1.96 bits per heavy atom. The molecule has 0 atom stereocenters. The zero-order valence-corrected chi connectivity index (χ0v) is 16.7. The number of hydrogen-bond donors (Lipinski definition) is 1. The summed E-state index contributed by atoms with van der Waals surface area (Å²) in [5.41, 5.74) is 6.05. The standard InChI is InChI=1S/C21H27N5O/c1-14(2)21-18(12-22-26(21)19-9-7-6-8-15(19)3)23-20(27)11-10-17-13-25(5)24-16(17)4/h6-9,12-14H,10-11H2,1-5H3,(H,23,27). The fraction of sp³-hybridized carbons (Fsp3) is 0.381. The predicted octanol–water partition coefficient (Wildman–Crippen LogP) is 3.92. The van der Waals surface area contributed by atoms with E-state index in [9.17, 15) is 4.79 Å². The molecule has 2 heterocycles. The van der Waals surface area contributed by atoms with Crippen molar-refractivity contribution in [2.45, 2.75) is 46.5 Å². The van der Waals surface area contributed by atoms with Crippen molar-refractivity contribution in [1.82, 2.24) is 19.6 Å². The highest BCUT2D eigenvalue weighted by atomic mass is 16.1. The number of aromatic nitrogens is 4. The topological polar surface area (TPSA) is 64.7 Å². The average molecular weight is 365 g/mol. The number of nitrogens with one attached hydrogen (secondary N) is 1. The van der Waals surface area contributed by atoms with E-state index in [-0.39, 0.29) is 11.8 Å². The molecule has 0 saturated carbocycles. The molecule has 0 radical (unpaired) electrons. The molecule has 0 bridgehead atoms. The smallest absolute Gasteiger partial charge is 0.224 e. The Bertz CT molecular complexity index is 951. The van der Waals surface area contributed by atoms with Gasteiger partial charge in [0.2, 0.25) is 5.91 Å². The molecule has 2 aromatic heterocycles. The van der Waals surface area contributed by atoms with Crippen molar-refractivity contribution in [3.8, 4) is 5.69 Å². The minimum Gasteiger partial charge on any atom is -0.323 e. The van der Waals surface area contributed by atoms with Gasteiger partial charge in [0.05, 0.1) is 29.0 Å². The van der Waals surface area contributed by atoms with Crippen LogP contribution < -0.4 is 5.32 Å². The van der Waals surface area contributed by atoms with Gasteiger partial charge in [0.1, 0.15) is 0 Å². The van der Waals surface area contributed by atoms with Gasteiger partial charge in [-0.3, -0.25) is 9.48 Å². The minimum atomic E-state index is -0.00973. The van der Waals surface area contributed by atoms with E-state index < -0.39 is 0 Å². The fourth-order valence-electron chi connectivity index (χ4n) is 3.36. The van der Waals surface area contributed by atoms with Gasteiger partial charge in [-0.25, -0.2) is 4.68 Å². The van der Waals surface area contributed by atoms with Crippen molar-refractivity contribution in [3.63, 3.8) is 0 Å². The van der Waals surface area contributed by atoms with E-state index in [1.54, 1.807) is 10.9 Å². The monoisotopic (exact) mass is 365 g/mol. The van der Waals surface area contributed by atoms with E-state index in [4.69, 9.17) is 0 Å². The maximum atomic E-state index is 12.5. The lowest BCUT2D eigenvalue weighted by atomic mass is 10.1. The lowest BCUT2D eigenvalue weighted by Crippen LogP contribution is -2.14. The third kappa shape index (κ3) is 4.10. The molecule has 0 unspecified atom stereocenters. The second-order valence-electron chi connectivity index (χ2n) is 7.26. The Hall–Kier alpha value is -2.89. The molecule has 6 heteroatoms. The summed E-state index contributed by atoms with van der Waals surface area (Å²) in [7, 11) is 1.89. The molecule has 1 aromatic carbocycles. The number of amides is 1. The Balaban J connectivity index is 1.78. The van der Waals surface area contributed by atoms with Crippen molar-refractivity contribution in [2.75, 3.05) is 5.32 Å². The van der Waals surface area contributed by atoms with E-state index in [2.05, 4.69) is 42.4 Å². The molecule has 3 aromatic rings. The first-order valence-electron chi connectivity index (χ1n) is 9.29. The summed E-state index contributed by atoms with van der Waals surface area (Å²) in [4.78, 5) is 12.5. The van der Waals surface area contributed by atoms with Crippen LogP contribution in [0, 0.1) is 13.8 Å². The molecule has 0 aliphatic carbocycles. The third-order valence-electron chi connectivity index (χ3n) is 4.71. The van der Waals surface area contributed by atoms with Crippen LogP contribution in [0.4, 0.5) is 5.69 Å². The van der Waals surface area contributed by atoms with Gasteiger partial charge >= 0.3 is 0 Å². The zero-order valence-electron chi connectivity index (χ0n) is 16.7. The summed E-state index contributed by atoms with van der Waals surface area (Å²) in [6, 6.07) is 8.13. The Morgan fingerprint density at radius 1 is 1.22 bits per heavy atom. The molecule has 0 aliphatic heterocycles. The molecule has 0 saturated heterocycles. The van der Waals surface area contributed by atoms with Crippen molar-refractivity contribution in [3.05, 3.63) is 59.2 Å². The molecule has 0 fully saturated rings. The Labute approximate surface area is 160 Å². The molecular weight excluding hydrogens is 338 g/mol. The maximum Gasteiger partial charge on any atom is 0.224 e. The predicted molar refractivity (Wildman–Crippen MR) is 107 cm³/mol.